The first-order valence-electron chi connectivity index (χ1n) is 9.32. The van der Waals surface area contributed by atoms with E-state index in [2.05, 4.69) is 4.90 Å². The molecule has 1 spiro atoms. The van der Waals surface area contributed by atoms with Crippen LogP contribution in [0.1, 0.15) is 55.4 Å². The Bertz CT molecular complexity index is 647. The van der Waals surface area contributed by atoms with Crippen molar-refractivity contribution in [2.24, 2.45) is 12.5 Å². The summed E-state index contributed by atoms with van der Waals surface area (Å²) in [5.74, 6) is 0.382. The van der Waals surface area contributed by atoms with Crippen molar-refractivity contribution in [2.45, 2.75) is 51.0 Å². The number of carbonyl (C=O) groups excluding carboxylic acids is 2. The maximum Gasteiger partial charge on any atom is 0.270 e. The first-order chi connectivity index (χ1) is 11.6. The Morgan fingerprint density at radius 2 is 1.96 bits per heavy atom. The number of likely N-dealkylation sites (tertiary alicyclic amines) is 2. The van der Waals surface area contributed by atoms with Gasteiger partial charge in [-0.1, -0.05) is 12.8 Å². The average Bonchev–Trinajstić information content (AvgIpc) is 3.31. The highest BCUT2D eigenvalue weighted by Gasteiger charge is 2.50. The summed E-state index contributed by atoms with van der Waals surface area (Å²) in [6.45, 7) is 2.21. The molecule has 1 aliphatic carbocycles. The van der Waals surface area contributed by atoms with Crippen LogP contribution in [0.15, 0.2) is 18.3 Å². The lowest BCUT2D eigenvalue weighted by Gasteiger charge is -2.42. The Kier molecular flexibility index (Phi) is 3.89. The standard InChI is InChI=1S/C19H27N3O2/c1-20-11-4-8-16(20)17(23)21-13-10-19(14-21)9-5-12-22(18(19)24)15-6-2-3-7-15/h4,8,11,15H,2-3,5-7,9-10,12-14H2,1H3. The number of aromatic nitrogens is 1. The van der Waals surface area contributed by atoms with E-state index in [-0.39, 0.29) is 11.3 Å². The van der Waals surface area contributed by atoms with Crippen molar-refractivity contribution in [3.05, 3.63) is 24.0 Å². The van der Waals surface area contributed by atoms with Crippen LogP contribution in [0.25, 0.3) is 0 Å². The van der Waals surface area contributed by atoms with E-state index >= 15 is 0 Å². The number of amides is 2. The van der Waals surface area contributed by atoms with E-state index in [4.69, 9.17) is 0 Å². The van der Waals surface area contributed by atoms with Crippen LogP contribution in [0.3, 0.4) is 0 Å². The zero-order chi connectivity index (χ0) is 16.7. The van der Waals surface area contributed by atoms with Gasteiger partial charge >= 0.3 is 0 Å². The molecule has 1 atom stereocenters. The van der Waals surface area contributed by atoms with E-state index in [1.165, 1.54) is 12.8 Å². The highest BCUT2D eigenvalue weighted by Crippen LogP contribution is 2.42. The smallest absolute Gasteiger partial charge is 0.270 e. The first-order valence-corrected chi connectivity index (χ1v) is 9.32. The number of nitrogens with zero attached hydrogens (tertiary/aromatic N) is 3. The van der Waals surface area contributed by atoms with E-state index in [1.807, 2.05) is 34.8 Å². The lowest BCUT2D eigenvalue weighted by atomic mass is 9.77. The molecule has 1 aromatic heterocycles. The first kappa shape index (κ1) is 15.7. The van der Waals surface area contributed by atoms with Crippen LogP contribution >= 0.6 is 0 Å². The summed E-state index contributed by atoms with van der Waals surface area (Å²) in [6.07, 6.45) is 9.55. The molecule has 2 saturated heterocycles. The normalized spacial score (nSPS) is 28.3. The molecule has 3 fully saturated rings. The molecule has 3 heterocycles. The summed E-state index contributed by atoms with van der Waals surface area (Å²) in [5.41, 5.74) is 0.393. The maximum atomic E-state index is 13.2. The Balaban J connectivity index is 1.51. The van der Waals surface area contributed by atoms with E-state index in [9.17, 15) is 9.59 Å². The van der Waals surface area contributed by atoms with E-state index in [0.29, 0.717) is 30.7 Å². The fourth-order valence-electron chi connectivity index (χ4n) is 4.93. The van der Waals surface area contributed by atoms with Crippen molar-refractivity contribution < 1.29 is 9.59 Å². The molecule has 24 heavy (non-hydrogen) atoms. The van der Waals surface area contributed by atoms with Crippen LogP contribution in [0.4, 0.5) is 0 Å². The molecule has 130 valence electrons. The molecule has 0 radical (unpaired) electrons. The quantitative estimate of drug-likeness (QED) is 0.836. The van der Waals surface area contributed by atoms with Gasteiger partial charge in [0.25, 0.3) is 5.91 Å². The Morgan fingerprint density at radius 1 is 1.17 bits per heavy atom. The van der Waals surface area contributed by atoms with Gasteiger partial charge in [-0.05, 0) is 44.2 Å². The molecule has 1 aromatic rings. The summed E-state index contributed by atoms with van der Waals surface area (Å²) in [5, 5.41) is 0. The SMILES string of the molecule is Cn1cccc1C(=O)N1CCC2(CCCN(C3CCCC3)C2=O)C1. The summed E-state index contributed by atoms with van der Waals surface area (Å²) >= 11 is 0. The number of carbonyl (C=O) groups is 2. The van der Waals surface area contributed by atoms with Crippen molar-refractivity contribution >= 4 is 11.8 Å². The van der Waals surface area contributed by atoms with E-state index < -0.39 is 0 Å². The molecular weight excluding hydrogens is 302 g/mol. The highest BCUT2D eigenvalue weighted by molar-refractivity contribution is 5.94. The third-order valence-corrected chi connectivity index (χ3v) is 6.34. The van der Waals surface area contributed by atoms with Gasteiger partial charge in [-0.15, -0.1) is 0 Å². The van der Waals surface area contributed by atoms with Crippen molar-refractivity contribution in [1.29, 1.82) is 0 Å². The summed E-state index contributed by atoms with van der Waals surface area (Å²) in [6, 6.07) is 4.21. The fraction of sp³-hybridized carbons (Fsp3) is 0.684. The van der Waals surface area contributed by atoms with Crippen LogP contribution in [-0.2, 0) is 11.8 Å². The predicted molar refractivity (Wildman–Crippen MR) is 91.6 cm³/mol. The third-order valence-electron chi connectivity index (χ3n) is 6.34. The lowest BCUT2D eigenvalue weighted by Crippen LogP contribution is -2.53. The molecule has 2 aliphatic heterocycles. The molecule has 1 unspecified atom stereocenters. The Labute approximate surface area is 143 Å². The zero-order valence-electron chi connectivity index (χ0n) is 14.5. The molecule has 0 N–H and O–H groups in total. The van der Waals surface area contributed by atoms with Crippen molar-refractivity contribution in [2.75, 3.05) is 19.6 Å². The monoisotopic (exact) mass is 329 g/mol. The second-order valence-electron chi connectivity index (χ2n) is 7.80. The number of rotatable bonds is 2. The number of hydrogen-bond acceptors (Lipinski definition) is 2. The molecule has 0 aromatic carbocycles. The molecule has 3 aliphatic rings. The maximum absolute atomic E-state index is 13.2. The van der Waals surface area contributed by atoms with Crippen molar-refractivity contribution in [1.82, 2.24) is 14.4 Å². The largest absolute Gasteiger partial charge is 0.347 e. The van der Waals surface area contributed by atoms with Gasteiger partial charge in [0.2, 0.25) is 5.91 Å². The van der Waals surface area contributed by atoms with Crippen LogP contribution in [0.2, 0.25) is 0 Å². The van der Waals surface area contributed by atoms with Gasteiger partial charge in [-0.2, -0.15) is 0 Å². The minimum absolute atomic E-state index is 0.0603. The molecule has 4 rings (SSSR count). The predicted octanol–water partition coefficient (Wildman–Crippen LogP) is 2.42. The van der Waals surface area contributed by atoms with Gasteiger partial charge in [-0.3, -0.25) is 9.59 Å². The minimum Gasteiger partial charge on any atom is -0.347 e. The van der Waals surface area contributed by atoms with Gasteiger partial charge < -0.3 is 14.4 Å². The molecule has 5 nitrogen and oxygen atoms in total. The van der Waals surface area contributed by atoms with Gasteiger partial charge in [0.15, 0.2) is 0 Å². The summed E-state index contributed by atoms with van der Waals surface area (Å²) < 4.78 is 1.86. The van der Waals surface area contributed by atoms with Gasteiger partial charge in [-0.25, -0.2) is 0 Å². The van der Waals surface area contributed by atoms with E-state index in [0.717, 1.165) is 38.6 Å². The van der Waals surface area contributed by atoms with Crippen LogP contribution < -0.4 is 0 Å². The van der Waals surface area contributed by atoms with Crippen molar-refractivity contribution in [3.8, 4) is 0 Å². The van der Waals surface area contributed by atoms with Crippen LogP contribution in [-0.4, -0.2) is 51.9 Å². The number of piperidine rings is 1. The fourth-order valence-corrected chi connectivity index (χ4v) is 4.93. The zero-order valence-corrected chi connectivity index (χ0v) is 14.5. The summed E-state index contributed by atoms with van der Waals surface area (Å²) in [7, 11) is 1.90. The number of aryl methyl sites for hydroxylation is 1. The Hall–Kier alpha value is -1.78. The van der Waals surface area contributed by atoms with Gasteiger partial charge in [0, 0.05) is 38.9 Å². The lowest BCUT2D eigenvalue weighted by molar-refractivity contribution is -0.148. The average molecular weight is 329 g/mol. The highest BCUT2D eigenvalue weighted by atomic mass is 16.2. The molecule has 1 saturated carbocycles. The topological polar surface area (TPSA) is 45.6 Å². The van der Waals surface area contributed by atoms with Gasteiger partial charge in [0.05, 0.1) is 5.41 Å². The molecular formula is C19H27N3O2. The van der Waals surface area contributed by atoms with Crippen LogP contribution in [0, 0.1) is 5.41 Å². The molecule has 5 heteroatoms. The van der Waals surface area contributed by atoms with Crippen LogP contribution in [0.5, 0.6) is 0 Å². The van der Waals surface area contributed by atoms with Gasteiger partial charge in [0.1, 0.15) is 5.69 Å². The Morgan fingerprint density at radius 3 is 2.67 bits per heavy atom. The second kappa shape index (κ2) is 5.94. The summed E-state index contributed by atoms with van der Waals surface area (Å²) in [4.78, 5) is 30.1. The van der Waals surface area contributed by atoms with Crippen molar-refractivity contribution in [3.63, 3.8) is 0 Å². The molecule has 2 amide bonds. The molecule has 0 bridgehead atoms. The number of hydrogen-bond donors (Lipinski definition) is 0. The third kappa shape index (κ3) is 2.45. The van der Waals surface area contributed by atoms with E-state index in [1.54, 1.807) is 0 Å². The minimum atomic E-state index is -0.318. The second-order valence-corrected chi connectivity index (χ2v) is 7.80.